The van der Waals surface area contributed by atoms with Crippen LogP contribution in [0.25, 0.3) is 0 Å². The summed E-state index contributed by atoms with van der Waals surface area (Å²) in [6.45, 7) is 7.72. The summed E-state index contributed by atoms with van der Waals surface area (Å²) in [5, 5.41) is 2.91. The number of aryl methyl sites for hydroxylation is 1. The van der Waals surface area contributed by atoms with E-state index in [0.717, 1.165) is 19.5 Å². The highest BCUT2D eigenvalue weighted by molar-refractivity contribution is 5.89. The summed E-state index contributed by atoms with van der Waals surface area (Å²) in [5.74, 6) is 0.0394. The van der Waals surface area contributed by atoms with E-state index in [1.807, 2.05) is 17.0 Å². The number of amides is 2. The first-order valence-corrected chi connectivity index (χ1v) is 9.04. The molecule has 5 nitrogen and oxygen atoms in total. The largest absolute Gasteiger partial charge is 0.353 e. The molecule has 5 heteroatoms. The lowest BCUT2D eigenvalue weighted by Gasteiger charge is -2.36. The zero-order valence-corrected chi connectivity index (χ0v) is 15.1. The number of hydrogen-bond acceptors (Lipinski definition) is 3. The normalized spacial score (nSPS) is 21.7. The molecule has 1 N–H and O–H groups in total. The first-order valence-electron chi connectivity index (χ1n) is 9.04. The van der Waals surface area contributed by atoms with Gasteiger partial charge in [0.1, 0.15) is 0 Å². The molecule has 3 rings (SSSR count). The molecule has 0 spiro atoms. The van der Waals surface area contributed by atoms with Crippen LogP contribution in [-0.2, 0) is 16.1 Å². The van der Waals surface area contributed by atoms with Gasteiger partial charge in [-0.3, -0.25) is 14.5 Å². The van der Waals surface area contributed by atoms with Crippen molar-refractivity contribution in [3.8, 4) is 0 Å². The summed E-state index contributed by atoms with van der Waals surface area (Å²) in [6.07, 6.45) is 3.29. The zero-order valence-electron chi connectivity index (χ0n) is 15.1. The van der Waals surface area contributed by atoms with Crippen LogP contribution in [0.5, 0.6) is 0 Å². The van der Waals surface area contributed by atoms with Gasteiger partial charge in [0.15, 0.2) is 0 Å². The highest BCUT2D eigenvalue weighted by atomic mass is 16.2. The quantitative estimate of drug-likeness (QED) is 0.851. The lowest BCUT2D eigenvalue weighted by molar-refractivity contribution is -0.138. The smallest absolute Gasteiger partial charge is 0.237 e. The van der Waals surface area contributed by atoms with Crippen LogP contribution in [0.3, 0.4) is 0 Å². The number of carbonyl (C=O) groups is 2. The third-order valence-electron chi connectivity index (χ3n) is 5.23. The van der Waals surface area contributed by atoms with Crippen LogP contribution in [0.1, 0.15) is 30.9 Å². The Morgan fingerprint density at radius 1 is 1.24 bits per heavy atom. The zero-order chi connectivity index (χ0) is 17.8. The number of nitrogens with one attached hydrogen (secondary N) is 1. The third-order valence-corrected chi connectivity index (χ3v) is 5.23. The van der Waals surface area contributed by atoms with E-state index in [1.165, 1.54) is 16.7 Å². The molecular formula is C20H27N3O2. The molecule has 1 aromatic carbocycles. The van der Waals surface area contributed by atoms with E-state index in [4.69, 9.17) is 0 Å². The minimum absolute atomic E-state index is 0.0306. The molecule has 134 valence electrons. The fourth-order valence-electron chi connectivity index (χ4n) is 3.47. The lowest BCUT2D eigenvalue weighted by Crippen LogP contribution is -2.56. The Bertz CT molecular complexity index is 683. The van der Waals surface area contributed by atoms with Crippen molar-refractivity contribution in [2.75, 3.05) is 26.2 Å². The monoisotopic (exact) mass is 341 g/mol. The average molecular weight is 341 g/mol. The minimum atomic E-state index is -0.382. The van der Waals surface area contributed by atoms with E-state index in [1.54, 1.807) is 0 Å². The van der Waals surface area contributed by atoms with Crippen molar-refractivity contribution in [3.63, 3.8) is 0 Å². The second kappa shape index (κ2) is 7.83. The summed E-state index contributed by atoms with van der Waals surface area (Å²) >= 11 is 0. The Morgan fingerprint density at radius 3 is 2.76 bits per heavy atom. The molecule has 0 unspecified atom stereocenters. The van der Waals surface area contributed by atoms with Crippen LogP contribution in [0, 0.1) is 6.92 Å². The van der Waals surface area contributed by atoms with Gasteiger partial charge in [-0.05, 0) is 31.4 Å². The molecule has 0 aromatic heterocycles. The van der Waals surface area contributed by atoms with Crippen molar-refractivity contribution in [2.45, 2.75) is 39.3 Å². The fourth-order valence-corrected chi connectivity index (χ4v) is 3.47. The Labute approximate surface area is 149 Å². The Hall–Kier alpha value is -2.14. The molecule has 0 radical (unpaired) electrons. The molecule has 1 atom stereocenters. The van der Waals surface area contributed by atoms with Crippen molar-refractivity contribution in [1.82, 2.24) is 15.1 Å². The van der Waals surface area contributed by atoms with Crippen LogP contribution >= 0.6 is 0 Å². The van der Waals surface area contributed by atoms with Crippen molar-refractivity contribution >= 4 is 11.8 Å². The van der Waals surface area contributed by atoms with Gasteiger partial charge in [0.2, 0.25) is 11.8 Å². The SMILES string of the molecule is CC1=CCN(C(=O)C[C@@H]2C(=O)NCCN2Cc2ccccc2C)CC1. The van der Waals surface area contributed by atoms with Gasteiger partial charge in [0.25, 0.3) is 0 Å². The van der Waals surface area contributed by atoms with Gasteiger partial charge in [-0.1, -0.05) is 35.9 Å². The molecule has 2 aliphatic heterocycles. The van der Waals surface area contributed by atoms with Gasteiger partial charge >= 0.3 is 0 Å². The first-order chi connectivity index (χ1) is 12.0. The van der Waals surface area contributed by atoms with Gasteiger partial charge in [-0.25, -0.2) is 0 Å². The van der Waals surface area contributed by atoms with E-state index in [-0.39, 0.29) is 24.3 Å². The molecule has 0 bridgehead atoms. The van der Waals surface area contributed by atoms with Gasteiger partial charge in [0.05, 0.1) is 12.5 Å². The van der Waals surface area contributed by atoms with Gasteiger partial charge in [0, 0.05) is 32.7 Å². The number of carbonyl (C=O) groups excluding carboxylic acids is 2. The molecule has 2 amide bonds. The topological polar surface area (TPSA) is 52.7 Å². The standard InChI is InChI=1S/C20H27N3O2/c1-15-7-10-22(11-8-15)19(24)13-18-20(25)21-9-12-23(18)14-17-6-4-3-5-16(17)2/h3-7,18H,8-14H2,1-2H3,(H,21,25)/t18-/m1/s1. The highest BCUT2D eigenvalue weighted by Crippen LogP contribution is 2.18. The maximum absolute atomic E-state index is 12.7. The van der Waals surface area contributed by atoms with Crippen molar-refractivity contribution in [2.24, 2.45) is 0 Å². The fraction of sp³-hybridized carbons (Fsp3) is 0.500. The molecular weight excluding hydrogens is 314 g/mol. The van der Waals surface area contributed by atoms with Gasteiger partial charge in [-0.2, -0.15) is 0 Å². The molecule has 1 fully saturated rings. The number of benzene rings is 1. The predicted molar refractivity (Wildman–Crippen MR) is 98.0 cm³/mol. The van der Waals surface area contributed by atoms with E-state index in [9.17, 15) is 9.59 Å². The molecule has 1 aromatic rings. The predicted octanol–water partition coefficient (Wildman–Crippen LogP) is 1.86. The molecule has 0 aliphatic carbocycles. The Balaban J connectivity index is 1.69. The van der Waals surface area contributed by atoms with Crippen molar-refractivity contribution < 1.29 is 9.59 Å². The minimum Gasteiger partial charge on any atom is -0.353 e. The number of nitrogens with zero attached hydrogens (tertiary/aromatic N) is 2. The van der Waals surface area contributed by atoms with E-state index < -0.39 is 0 Å². The number of hydrogen-bond donors (Lipinski definition) is 1. The summed E-state index contributed by atoms with van der Waals surface area (Å²) in [5.41, 5.74) is 3.77. The summed E-state index contributed by atoms with van der Waals surface area (Å²) in [4.78, 5) is 29.1. The molecule has 2 heterocycles. The molecule has 1 saturated heterocycles. The van der Waals surface area contributed by atoms with Crippen LogP contribution in [0.4, 0.5) is 0 Å². The van der Waals surface area contributed by atoms with E-state index >= 15 is 0 Å². The van der Waals surface area contributed by atoms with Crippen LogP contribution in [0.15, 0.2) is 35.9 Å². The second-order valence-corrected chi connectivity index (χ2v) is 7.05. The van der Waals surface area contributed by atoms with Crippen molar-refractivity contribution in [1.29, 1.82) is 0 Å². The van der Waals surface area contributed by atoms with Gasteiger partial charge in [-0.15, -0.1) is 0 Å². The van der Waals surface area contributed by atoms with Crippen molar-refractivity contribution in [3.05, 3.63) is 47.0 Å². The van der Waals surface area contributed by atoms with E-state index in [0.29, 0.717) is 19.6 Å². The van der Waals surface area contributed by atoms with E-state index in [2.05, 4.69) is 42.3 Å². The maximum atomic E-state index is 12.7. The van der Waals surface area contributed by atoms with Crippen LogP contribution in [0.2, 0.25) is 0 Å². The average Bonchev–Trinajstić information content (AvgIpc) is 2.60. The maximum Gasteiger partial charge on any atom is 0.237 e. The lowest BCUT2D eigenvalue weighted by atomic mass is 10.0. The van der Waals surface area contributed by atoms with Crippen LogP contribution in [-0.4, -0.2) is 53.8 Å². The Morgan fingerprint density at radius 2 is 2.04 bits per heavy atom. The summed E-state index contributed by atoms with van der Waals surface area (Å²) in [6, 6.07) is 7.84. The highest BCUT2D eigenvalue weighted by Gasteiger charge is 2.33. The number of rotatable bonds is 4. The summed E-state index contributed by atoms with van der Waals surface area (Å²) in [7, 11) is 0. The number of piperazine rings is 1. The molecule has 0 saturated carbocycles. The molecule has 25 heavy (non-hydrogen) atoms. The molecule has 2 aliphatic rings. The van der Waals surface area contributed by atoms with Crippen LogP contribution < -0.4 is 5.32 Å². The summed E-state index contributed by atoms with van der Waals surface area (Å²) < 4.78 is 0. The second-order valence-electron chi connectivity index (χ2n) is 7.05. The Kier molecular flexibility index (Phi) is 5.53. The third kappa shape index (κ3) is 4.28. The van der Waals surface area contributed by atoms with Gasteiger partial charge < -0.3 is 10.2 Å². The first kappa shape index (κ1) is 17.7.